The number of nitrogens with zero attached hydrogens (tertiary/aromatic N) is 4. The molecule has 218 valence electrons. The van der Waals surface area contributed by atoms with Crippen LogP contribution in [-0.4, -0.2) is 96.6 Å². The molecule has 2 aliphatic rings. The maximum Gasteiger partial charge on any atom is 0.245 e. The summed E-state index contributed by atoms with van der Waals surface area (Å²) < 4.78 is 0. The molecule has 0 spiro atoms. The van der Waals surface area contributed by atoms with Crippen LogP contribution in [0, 0.1) is 5.92 Å². The molecule has 2 heterocycles. The standard InChI is InChI=1S/C31H45ClN6O2/c1-23(2)22-38(37-19-17-35(3)18-20-37)27-13-15-36(16-14-27)31(40)28(21-24-9-11-26(32)12-10-24)34-30(39)29(33)25-7-5-4-6-8-25/h4-12,23,27-29H,13-22,33H2,1-3H3,(H,34,39)/t28-,29?/m1/s1. The summed E-state index contributed by atoms with van der Waals surface area (Å²) in [5.41, 5.74) is 7.93. The van der Waals surface area contributed by atoms with Gasteiger partial charge in [-0.15, -0.1) is 0 Å². The Morgan fingerprint density at radius 2 is 1.60 bits per heavy atom. The zero-order valence-corrected chi connectivity index (χ0v) is 24.9. The summed E-state index contributed by atoms with van der Waals surface area (Å²) in [6.45, 7) is 11.1. The fourth-order valence-corrected chi connectivity index (χ4v) is 5.78. The predicted octanol–water partition coefficient (Wildman–Crippen LogP) is 3.18. The molecule has 2 atom stereocenters. The van der Waals surface area contributed by atoms with Crippen molar-refractivity contribution in [2.45, 2.75) is 51.2 Å². The van der Waals surface area contributed by atoms with Crippen molar-refractivity contribution in [1.82, 2.24) is 25.1 Å². The van der Waals surface area contributed by atoms with E-state index in [1.54, 1.807) is 0 Å². The van der Waals surface area contributed by atoms with E-state index in [1.807, 2.05) is 59.5 Å². The van der Waals surface area contributed by atoms with Gasteiger partial charge >= 0.3 is 0 Å². The number of benzene rings is 2. The maximum absolute atomic E-state index is 13.9. The Bertz CT molecular complexity index is 1080. The van der Waals surface area contributed by atoms with Crippen LogP contribution in [0.4, 0.5) is 0 Å². The second kappa shape index (κ2) is 14.4. The molecule has 2 amide bonds. The quantitative estimate of drug-likeness (QED) is 0.458. The van der Waals surface area contributed by atoms with Gasteiger partial charge in [-0.1, -0.05) is 67.9 Å². The number of hydrogen-bond acceptors (Lipinski definition) is 6. The Balaban J connectivity index is 1.43. The first-order chi connectivity index (χ1) is 19.2. The first-order valence-corrected chi connectivity index (χ1v) is 14.9. The smallest absolute Gasteiger partial charge is 0.245 e. The van der Waals surface area contributed by atoms with Gasteiger partial charge in [0, 0.05) is 63.3 Å². The zero-order chi connectivity index (χ0) is 28.6. The minimum absolute atomic E-state index is 0.0583. The van der Waals surface area contributed by atoms with Crippen LogP contribution in [0.1, 0.15) is 43.9 Å². The third-order valence-corrected chi connectivity index (χ3v) is 8.25. The number of carbonyl (C=O) groups excluding carboxylic acids is 2. The van der Waals surface area contributed by atoms with Crippen molar-refractivity contribution in [2.75, 3.05) is 52.9 Å². The lowest BCUT2D eigenvalue weighted by Gasteiger charge is -2.47. The number of likely N-dealkylation sites (tertiary alicyclic amines) is 1. The highest BCUT2D eigenvalue weighted by Crippen LogP contribution is 2.23. The number of hydrazine groups is 1. The van der Waals surface area contributed by atoms with Crippen LogP contribution >= 0.6 is 11.6 Å². The number of amides is 2. The number of hydrogen-bond donors (Lipinski definition) is 2. The average Bonchev–Trinajstić information content (AvgIpc) is 2.97. The zero-order valence-electron chi connectivity index (χ0n) is 24.1. The number of halogens is 1. The molecular weight excluding hydrogens is 524 g/mol. The van der Waals surface area contributed by atoms with Gasteiger partial charge in [0.1, 0.15) is 12.1 Å². The molecular formula is C31H45ClN6O2. The lowest BCUT2D eigenvalue weighted by molar-refractivity contribution is -0.141. The number of piperazine rings is 1. The van der Waals surface area contributed by atoms with Gasteiger partial charge in [-0.05, 0) is 49.1 Å². The van der Waals surface area contributed by atoms with E-state index in [2.05, 4.69) is 41.1 Å². The number of likely N-dealkylation sites (N-methyl/N-ethyl adjacent to an activating group) is 1. The Morgan fingerprint density at radius 3 is 2.20 bits per heavy atom. The summed E-state index contributed by atoms with van der Waals surface area (Å²) in [4.78, 5) is 31.4. The van der Waals surface area contributed by atoms with Gasteiger partial charge in [0.15, 0.2) is 0 Å². The third-order valence-electron chi connectivity index (χ3n) is 8.00. The molecule has 0 radical (unpaired) electrons. The lowest BCUT2D eigenvalue weighted by atomic mass is 9.99. The molecule has 2 aromatic carbocycles. The van der Waals surface area contributed by atoms with Crippen molar-refractivity contribution < 1.29 is 9.59 Å². The van der Waals surface area contributed by atoms with Crippen LogP contribution in [0.2, 0.25) is 5.02 Å². The summed E-state index contributed by atoms with van der Waals surface area (Å²) in [5.74, 6) is 0.149. The van der Waals surface area contributed by atoms with Gasteiger partial charge in [0.25, 0.3) is 0 Å². The molecule has 0 aromatic heterocycles. The third kappa shape index (κ3) is 8.27. The number of carbonyl (C=O) groups is 2. The average molecular weight is 569 g/mol. The summed E-state index contributed by atoms with van der Waals surface area (Å²) in [7, 11) is 2.18. The molecule has 8 nitrogen and oxygen atoms in total. The van der Waals surface area contributed by atoms with Crippen LogP contribution in [0.15, 0.2) is 54.6 Å². The second-order valence-electron chi connectivity index (χ2n) is 11.6. The van der Waals surface area contributed by atoms with E-state index in [4.69, 9.17) is 17.3 Å². The summed E-state index contributed by atoms with van der Waals surface area (Å²) in [6.07, 6.45) is 2.20. The lowest BCUT2D eigenvalue weighted by Crippen LogP contribution is -2.60. The van der Waals surface area contributed by atoms with Crippen molar-refractivity contribution in [2.24, 2.45) is 11.7 Å². The van der Waals surface area contributed by atoms with Gasteiger partial charge < -0.3 is 20.9 Å². The molecule has 2 aliphatic heterocycles. The predicted molar refractivity (Wildman–Crippen MR) is 161 cm³/mol. The van der Waals surface area contributed by atoms with E-state index in [0.29, 0.717) is 42.1 Å². The molecule has 40 heavy (non-hydrogen) atoms. The summed E-state index contributed by atoms with van der Waals surface area (Å²) >= 11 is 6.09. The molecule has 9 heteroatoms. The van der Waals surface area contributed by atoms with Crippen LogP contribution < -0.4 is 11.1 Å². The first kappa shape index (κ1) is 30.5. The Hall–Kier alpha value is -2.49. The normalized spacial score (nSPS) is 19.1. The SMILES string of the molecule is CC(C)CN(C1CCN(C(=O)[C@@H](Cc2ccc(Cl)cc2)NC(=O)C(N)c2ccccc2)CC1)N1CCN(C)CC1. The Kier molecular flexibility index (Phi) is 11.0. The topological polar surface area (TPSA) is 85.1 Å². The number of piperidine rings is 1. The van der Waals surface area contributed by atoms with Crippen LogP contribution in [-0.2, 0) is 16.0 Å². The first-order valence-electron chi connectivity index (χ1n) is 14.6. The monoisotopic (exact) mass is 568 g/mol. The number of nitrogens with one attached hydrogen (secondary N) is 1. The van der Waals surface area contributed by atoms with E-state index < -0.39 is 12.1 Å². The van der Waals surface area contributed by atoms with Crippen molar-refractivity contribution in [3.05, 3.63) is 70.7 Å². The molecule has 2 aromatic rings. The fourth-order valence-electron chi connectivity index (χ4n) is 5.66. The van der Waals surface area contributed by atoms with Crippen molar-refractivity contribution >= 4 is 23.4 Å². The Morgan fingerprint density at radius 1 is 0.975 bits per heavy atom. The van der Waals surface area contributed by atoms with Crippen LogP contribution in [0.25, 0.3) is 0 Å². The van der Waals surface area contributed by atoms with Crippen molar-refractivity contribution in [3.8, 4) is 0 Å². The minimum atomic E-state index is -0.847. The number of nitrogens with two attached hydrogens (primary N) is 1. The van der Waals surface area contributed by atoms with Gasteiger partial charge in [0.2, 0.25) is 11.8 Å². The molecule has 2 fully saturated rings. The van der Waals surface area contributed by atoms with Gasteiger partial charge in [0.05, 0.1) is 0 Å². The number of rotatable bonds is 10. The van der Waals surface area contributed by atoms with Gasteiger partial charge in [-0.25, -0.2) is 10.0 Å². The maximum atomic E-state index is 13.9. The van der Waals surface area contributed by atoms with Crippen LogP contribution in [0.5, 0.6) is 0 Å². The molecule has 0 saturated carbocycles. The van der Waals surface area contributed by atoms with Crippen LogP contribution in [0.3, 0.4) is 0 Å². The molecule has 3 N–H and O–H groups in total. The van der Waals surface area contributed by atoms with Crippen molar-refractivity contribution in [3.63, 3.8) is 0 Å². The molecule has 1 unspecified atom stereocenters. The summed E-state index contributed by atoms with van der Waals surface area (Å²) in [5, 5.41) is 8.71. The molecule has 4 rings (SSSR count). The highest BCUT2D eigenvalue weighted by Gasteiger charge is 2.34. The van der Waals surface area contributed by atoms with Crippen molar-refractivity contribution in [1.29, 1.82) is 0 Å². The highest BCUT2D eigenvalue weighted by molar-refractivity contribution is 6.30. The van der Waals surface area contributed by atoms with E-state index in [0.717, 1.165) is 51.1 Å². The highest BCUT2D eigenvalue weighted by atomic mass is 35.5. The van der Waals surface area contributed by atoms with E-state index >= 15 is 0 Å². The van der Waals surface area contributed by atoms with E-state index in [9.17, 15) is 9.59 Å². The second-order valence-corrected chi connectivity index (χ2v) is 12.0. The summed E-state index contributed by atoms with van der Waals surface area (Å²) in [6, 6.07) is 15.5. The van der Waals surface area contributed by atoms with E-state index in [-0.39, 0.29) is 11.8 Å². The Labute approximate surface area is 244 Å². The molecule has 2 saturated heterocycles. The largest absolute Gasteiger partial charge is 0.342 e. The minimum Gasteiger partial charge on any atom is -0.342 e. The van der Waals surface area contributed by atoms with Gasteiger partial charge in [-0.2, -0.15) is 0 Å². The van der Waals surface area contributed by atoms with Gasteiger partial charge in [-0.3, -0.25) is 9.59 Å². The molecule has 0 bridgehead atoms. The fraction of sp³-hybridized carbons (Fsp3) is 0.548. The van der Waals surface area contributed by atoms with E-state index in [1.165, 1.54) is 0 Å². The molecule has 0 aliphatic carbocycles.